The normalized spacial score (nSPS) is 10.5. The molecule has 6 heteroatoms. The molecule has 4 N–H and O–H groups in total. The third-order valence-electron chi connectivity index (χ3n) is 2.56. The Morgan fingerprint density at radius 1 is 1.53 bits per heavy atom. The van der Waals surface area contributed by atoms with Gasteiger partial charge in [0.05, 0.1) is 18.3 Å². The van der Waals surface area contributed by atoms with E-state index in [1.807, 2.05) is 6.92 Å². The number of anilines is 1. The monoisotopic (exact) mass is 253 g/mol. The van der Waals surface area contributed by atoms with Crippen molar-refractivity contribution in [1.82, 2.24) is 10.2 Å². The van der Waals surface area contributed by atoms with E-state index in [2.05, 4.69) is 10.2 Å². The highest BCUT2D eigenvalue weighted by Gasteiger charge is 2.18. The second kappa shape index (κ2) is 4.18. The second-order valence-electron chi connectivity index (χ2n) is 3.63. The summed E-state index contributed by atoms with van der Waals surface area (Å²) in [7, 11) is 1.47. The number of hydrogen-bond donors (Lipinski definition) is 3. The molecule has 0 saturated carbocycles. The smallest absolute Gasteiger partial charge is 0.177 e. The van der Waals surface area contributed by atoms with Gasteiger partial charge in [-0.3, -0.25) is 5.10 Å². The number of ether oxygens (including phenoxy) is 1. The van der Waals surface area contributed by atoms with E-state index in [0.717, 1.165) is 5.56 Å². The van der Waals surface area contributed by atoms with Crippen LogP contribution in [0.5, 0.6) is 11.5 Å². The number of nitrogens with two attached hydrogens (primary N) is 1. The van der Waals surface area contributed by atoms with Gasteiger partial charge < -0.3 is 15.6 Å². The minimum Gasteiger partial charge on any atom is -0.503 e. The van der Waals surface area contributed by atoms with Crippen LogP contribution in [0.15, 0.2) is 12.3 Å². The van der Waals surface area contributed by atoms with Gasteiger partial charge >= 0.3 is 0 Å². The number of methoxy groups -OCH3 is 1. The highest BCUT2D eigenvalue weighted by atomic mass is 35.5. The third-order valence-corrected chi connectivity index (χ3v) is 2.93. The van der Waals surface area contributed by atoms with Gasteiger partial charge in [-0.05, 0) is 18.6 Å². The number of phenolic OH excluding ortho intramolecular Hbond substituents is 1. The van der Waals surface area contributed by atoms with E-state index in [1.165, 1.54) is 7.11 Å². The topological polar surface area (TPSA) is 84.2 Å². The van der Waals surface area contributed by atoms with Crippen molar-refractivity contribution in [3.8, 4) is 22.6 Å². The maximum absolute atomic E-state index is 9.86. The van der Waals surface area contributed by atoms with Crippen LogP contribution in [-0.2, 0) is 0 Å². The van der Waals surface area contributed by atoms with Gasteiger partial charge in [0.2, 0.25) is 0 Å². The number of nitrogens with one attached hydrogen (secondary N) is 1. The van der Waals surface area contributed by atoms with Crippen molar-refractivity contribution in [1.29, 1.82) is 0 Å². The number of hydrogen-bond acceptors (Lipinski definition) is 4. The van der Waals surface area contributed by atoms with Crippen LogP contribution in [0.1, 0.15) is 5.56 Å². The maximum atomic E-state index is 9.86. The van der Waals surface area contributed by atoms with E-state index in [0.29, 0.717) is 22.7 Å². The number of aromatic amines is 1. The van der Waals surface area contributed by atoms with Crippen LogP contribution < -0.4 is 10.5 Å². The first-order valence-corrected chi connectivity index (χ1v) is 5.29. The fourth-order valence-electron chi connectivity index (χ4n) is 1.72. The Labute approximate surface area is 103 Å². The van der Waals surface area contributed by atoms with Gasteiger partial charge in [0, 0.05) is 11.1 Å². The molecular weight excluding hydrogens is 242 g/mol. The predicted molar refractivity (Wildman–Crippen MR) is 66.4 cm³/mol. The van der Waals surface area contributed by atoms with Crippen LogP contribution in [0.3, 0.4) is 0 Å². The van der Waals surface area contributed by atoms with Gasteiger partial charge in [-0.1, -0.05) is 11.6 Å². The molecule has 0 bridgehead atoms. The molecule has 0 fully saturated rings. The number of halogens is 1. The van der Waals surface area contributed by atoms with Crippen molar-refractivity contribution in [2.45, 2.75) is 6.92 Å². The second-order valence-corrected chi connectivity index (χ2v) is 4.01. The molecule has 1 aromatic heterocycles. The molecule has 0 amide bonds. The van der Waals surface area contributed by atoms with E-state index in [9.17, 15) is 5.11 Å². The highest BCUT2D eigenvalue weighted by molar-refractivity contribution is 6.35. The van der Waals surface area contributed by atoms with Gasteiger partial charge in [-0.2, -0.15) is 5.10 Å². The van der Waals surface area contributed by atoms with E-state index >= 15 is 0 Å². The van der Waals surface area contributed by atoms with Crippen LogP contribution in [0.2, 0.25) is 5.02 Å². The standard InChI is InChI=1S/C11H12ClN3O2/c1-5-3-7(17-2)10(16)9(12)8(5)6-4-14-15-11(6)13/h3-4,16H,1-2H3,(H3,13,14,15). The van der Waals surface area contributed by atoms with Crippen molar-refractivity contribution in [2.24, 2.45) is 0 Å². The molecule has 90 valence electrons. The SMILES string of the molecule is COc1cc(C)c(-c2cn[nH]c2N)c(Cl)c1O. The molecule has 0 atom stereocenters. The fourth-order valence-corrected chi connectivity index (χ4v) is 2.06. The molecule has 0 radical (unpaired) electrons. The Bertz CT molecular complexity index is 566. The van der Waals surface area contributed by atoms with Crippen LogP contribution in [0, 0.1) is 6.92 Å². The maximum Gasteiger partial charge on any atom is 0.177 e. The van der Waals surface area contributed by atoms with E-state index in [-0.39, 0.29) is 10.8 Å². The lowest BCUT2D eigenvalue weighted by molar-refractivity contribution is 0.373. The molecule has 0 aliphatic carbocycles. The third kappa shape index (κ3) is 1.78. The Morgan fingerprint density at radius 2 is 2.24 bits per heavy atom. The Hall–Kier alpha value is -1.88. The first kappa shape index (κ1) is 11.6. The van der Waals surface area contributed by atoms with Crippen molar-refractivity contribution >= 4 is 17.4 Å². The van der Waals surface area contributed by atoms with Crippen molar-refractivity contribution in [3.63, 3.8) is 0 Å². The van der Waals surface area contributed by atoms with Crippen LogP contribution >= 0.6 is 11.6 Å². The zero-order valence-corrected chi connectivity index (χ0v) is 10.2. The molecule has 17 heavy (non-hydrogen) atoms. The van der Waals surface area contributed by atoms with Gasteiger partial charge in [0.1, 0.15) is 5.82 Å². The first-order chi connectivity index (χ1) is 8.06. The number of aromatic nitrogens is 2. The molecule has 5 nitrogen and oxygen atoms in total. The van der Waals surface area contributed by atoms with Gasteiger partial charge in [-0.25, -0.2) is 0 Å². The molecule has 1 heterocycles. The average Bonchev–Trinajstić information content (AvgIpc) is 2.70. The summed E-state index contributed by atoms with van der Waals surface area (Å²) in [5.41, 5.74) is 7.89. The average molecular weight is 254 g/mol. The van der Waals surface area contributed by atoms with Crippen LogP contribution in [-0.4, -0.2) is 22.4 Å². The summed E-state index contributed by atoms with van der Waals surface area (Å²) in [6.45, 7) is 1.86. The molecule has 0 spiro atoms. The summed E-state index contributed by atoms with van der Waals surface area (Å²) in [4.78, 5) is 0. The number of rotatable bonds is 2. The summed E-state index contributed by atoms with van der Waals surface area (Å²) in [5, 5.41) is 16.5. The zero-order valence-electron chi connectivity index (χ0n) is 9.41. The van der Waals surface area contributed by atoms with Gasteiger partial charge in [-0.15, -0.1) is 0 Å². The molecule has 0 aliphatic heterocycles. The molecular formula is C11H12ClN3O2. The molecule has 0 unspecified atom stereocenters. The number of H-pyrrole nitrogens is 1. The Balaban J connectivity index is 2.72. The largest absolute Gasteiger partial charge is 0.503 e. The fraction of sp³-hybridized carbons (Fsp3) is 0.182. The Kier molecular flexibility index (Phi) is 2.85. The van der Waals surface area contributed by atoms with Crippen LogP contribution in [0.4, 0.5) is 5.82 Å². The zero-order chi connectivity index (χ0) is 12.6. The molecule has 0 saturated heterocycles. The number of benzene rings is 1. The lowest BCUT2D eigenvalue weighted by atomic mass is 10.0. The van der Waals surface area contributed by atoms with E-state index in [1.54, 1.807) is 12.3 Å². The number of aryl methyl sites for hydroxylation is 1. The highest BCUT2D eigenvalue weighted by Crippen LogP contribution is 2.44. The summed E-state index contributed by atoms with van der Waals surface area (Å²) in [5.74, 6) is 0.633. The van der Waals surface area contributed by atoms with Crippen molar-refractivity contribution < 1.29 is 9.84 Å². The summed E-state index contributed by atoms with van der Waals surface area (Å²) < 4.78 is 5.02. The molecule has 2 rings (SSSR count). The Morgan fingerprint density at radius 3 is 2.76 bits per heavy atom. The van der Waals surface area contributed by atoms with Crippen molar-refractivity contribution in [3.05, 3.63) is 22.8 Å². The molecule has 2 aromatic rings. The molecule has 0 aliphatic rings. The quantitative estimate of drug-likeness (QED) is 0.767. The molecule has 1 aromatic carbocycles. The van der Waals surface area contributed by atoms with Crippen molar-refractivity contribution in [2.75, 3.05) is 12.8 Å². The van der Waals surface area contributed by atoms with Gasteiger partial charge in [0.15, 0.2) is 11.5 Å². The van der Waals surface area contributed by atoms with Gasteiger partial charge in [0.25, 0.3) is 0 Å². The van der Waals surface area contributed by atoms with E-state index < -0.39 is 0 Å². The van der Waals surface area contributed by atoms with E-state index in [4.69, 9.17) is 22.1 Å². The number of nitrogens with zero attached hydrogens (tertiary/aromatic N) is 1. The number of nitrogen functional groups attached to an aromatic ring is 1. The lowest BCUT2D eigenvalue weighted by Crippen LogP contribution is -1.93. The summed E-state index contributed by atoms with van der Waals surface area (Å²) >= 11 is 6.12. The minimum atomic E-state index is -0.102. The predicted octanol–water partition coefficient (Wildman–Crippen LogP) is 2.33. The summed E-state index contributed by atoms with van der Waals surface area (Å²) in [6.07, 6.45) is 1.56. The lowest BCUT2D eigenvalue weighted by Gasteiger charge is -2.12. The number of aromatic hydroxyl groups is 1. The number of phenols is 1. The minimum absolute atomic E-state index is 0.102. The van der Waals surface area contributed by atoms with Crippen LogP contribution in [0.25, 0.3) is 11.1 Å². The summed E-state index contributed by atoms with van der Waals surface area (Å²) in [6, 6.07) is 1.70. The first-order valence-electron chi connectivity index (χ1n) is 4.91.